The van der Waals surface area contributed by atoms with Gasteiger partial charge in [-0.25, -0.2) is 0 Å². The normalized spacial score (nSPS) is 17.2. The molecule has 0 bridgehead atoms. The van der Waals surface area contributed by atoms with Crippen molar-refractivity contribution in [2.45, 2.75) is 18.9 Å². The van der Waals surface area contributed by atoms with Crippen molar-refractivity contribution in [3.8, 4) is 11.5 Å². The summed E-state index contributed by atoms with van der Waals surface area (Å²) in [5.74, 6) is 0.745. The summed E-state index contributed by atoms with van der Waals surface area (Å²) in [6.07, 6.45) is 0.552. The van der Waals surface area contributed by atoms with Crippen LogP contribution in [0.4, 0.5) is 0 Å². The van der Waals surface area contributed by atoms with E-state index in [1.807, 2.05) is 85.8 Å². The van der Waals surface area contributed by atoms with Gasteiger partial charge in [-0.05, 0) is 30.2 Å². The standard InChI is InChI=1S/C27H23NO3/c1-18-9-5-6-12-20(18)26(30)28-27(16-19-10-3-2-4-11-19)17-31-25-22-14-8-7-13-21(22)24(29)15-23(25)27/h2-15,29H,16-17H2,1H3,(H,28,30)/t27-/m0/s1. The molecule has 0 spiro atoms. The number of hydrogen-bond acceptors (Lipinski definition) is 3. The zero-order valence-electron chi connectivity index (χ0n) is 17.3. The molecule has 1 aliphatic heterocycles. The van der Waals surface area contributed by atoms with Gasteiger partial charge in [-0.3, -0.25) is 4.79 Å². The molecule has 154 valence electrons. The third-order valence-electron chi connectivity index (χ3n) is 6.04. The minimum atomic E-state index is -0.794. The first kappa shape index (κ1) is 19.2. The van der Waals surface area contributed by atoms with Crippen molar-refractivity contribution >= 4 is 16.7 Å². The zero-order chi connectivity index (χ0) is 21.4. The Hall–Kier alpha value is -3.79. The summed E-state index contributed by atoms with van der Waals surface area (Å²) in [6.45, 7) is 2.22. The molecule has 1 heterocycles. The van der Waals surface area contributed by atoms with Crippen LogP contribution in [-0.2, 0) is 12.0 Å². The van der Waals surface area contributed by atoms with Crippen LogP contribution in [0.25, 0.3) is 10.8 Å². The molecule has 0 aromatic heterocycles. The first-order valence-corrected chi connectivity index (χ1v) is 10.4. The second-order valence-corrected chi connectivity index (χ2v) is 8.12. The molecule has 0 saturated heterocycles. The number of aryl methyl sites for hydroxylation is 1. The molecule has 4 heteroatoms. The predicted octanol–water partition coefficient (Wildman–Crippen LogP) is 5.11. The lowest BCUT2D eigenvalue weighted by molar-refractivity contribution is 0.0876. The van der Waals surface area contributed by atoms with Gasteiger partial charge in [-0.1, -0.05) is 72.8 Å². The summed E-state index contributed by atoms with van der Waals surface area (Å²) < 4.78 is 6.20. The van der Waals surface area contributed by atoms with E-state index in [1.165, 1.54) is 0 Å². The van der Waals surface area contributed by atoms with E-state index in [4.69, 9.17) is 4.74 Å². The fraction of sp³-hybridized carbons (Fsp3) is 0.148. The van der Waals surface area contributed by atoms with Crippen LogP contribution < -0.4 is 10.1 Å². The maximum Gasteiger partial charge on any atom is 0.252 e. The molecule has 0 radical (unpaired) electrons. The number of ether oxygens (including phenoxy) is 1. The molecule has 31 heavy (non-hydrogen) atoms. The van der Waals surface area contributed by atoms with Crippen molar-refractivity contribution in [2.24, 2.45) is 0 Å². The molecule has 0 fully saturated rings. The van der Waals surface area contributed by atoms with Gasteiger partial charge in [0.2, 0.25) is 0 Å². The van der Waals surface area contributed by atoms with Crippen LogP contribution in [0.15, 0.2) is 84.9 Å². The van der Waals surface area contributed by atoms with Crippen molar-refractivity contribution in [1.29, 1.82) is 0 Å². The maximum atomic E-state index is 13.3. The van der Waals surface area contributed by atoms with Crippen molar-refractivity contribution in [1.82, 2.24) is 5.32 Å². The van der Waals surface area contributed by atoms with Gasteiger partial charge in [-0.2, -0.15) is 0 Å². The molecular formula is C27H23NO3. The van der Waals surface area contributed by atoms with E-state index in [0.717, 1.165) is 33.2 Å². The molecule has 0 aliphatic carbocycles. The summed E-state index contributed by atoms with van der Waals surface area (Å²) in [7, 11) is 0. The summed E-state index contributed by atoms with van der Waals surface area (Å²) in [5.41, 5.74) is 2.63. The fourth-order valence-corrected chi connectivity index (χ4v) is 4.46. The predicted molar refractivity (Wildman–Crippen MR) is 122 cm³/mol. The van der Waals surface area contributed by atoms with Gasteiger partial charge in [0.1, 0.15) is 23.6 Å². The molecule has 0 unspecified atom stereocenters. The number of hydrogen-bond donors (Lipinski definition) is 2. The molecule has 4 nitrogen and oxygen atoms in total. The van der Waals surface area contributed by atoms with Crippen LogP contribution in [0.1, 0.15) is 27.0 Å². The quantitative estimate of drug-likeness (QED) is 0.492. The number of nitrogens with one attached hydrogen (secondary N) is 1. The van der Waals surface area contributed by atoms with Crippen LogP contribution in [-0.4, -0.2) is 17.6 Å². The Labute approximate surface area is 181 Å². The van der Waals surface area contributed by atoms with E-state index in [9.17, 15) is 9.90 Å². The van der Waals surface area contributed by atoms with E-state index >= 15 is 0 Å². The van der Waals surface area contributed by atoms with Crippen LogP contribution in [0.3, 0.4) is 0 Å². The number of benzene rings is 4. The Morgan fingerprint density at radius 2 is 1.65 bits per heavy atom. The van der Waals surface area contributed by atoms with Crippen LogP contribution in [0.5, 0.6) is 11.5 Å². The van der Waals surface area contributed by atoms with E-state index in [0.29, 0.717) is 18.6 Å². The monoisotopic (exact) mass is 409 g/mol. The largest absolute Gasteiger partial charge is 0.507 e. The average Bonchev–Trinajstić information content (AvgIpc) is 3.12. The lowest BCUT2D eigenvalue weighted by Gasteiger charge is -2.30. The summed E-state index contributed by atoms with van der Waals surface area (Å²) >= 11 is 0. The highest BCUT2D eigenvalue weighted by Gasteiger charge is 2.44. The Morgan fingerprint density at radius 1 is 0.968 bits per heavy atom. The lowest BCUT2D eigenvalue weighted by Crippen LogP contribution is -2.49. The molecule has 1 amide bonds. The Balaban J connectivity index is 1.65. The van der Waals surface area contributed by atoms with Crippen LogP contribution in [0.2, 0.25) is 0 Å². The van der Waals surface area contributed by atoms with E-state index in [2.05, 4.69) is 5.32 Å². The summed E-state index contributed by atoms with van der Waals surface area (Å²) in [5, 5.41) is 15.6. The minimum Gasteiger partial charge on any atom is -0.507 e. The highest BCUT2D eigenvalue weighted by molar-refractivity contribution is 5.98. The van der Waals surface area contributed by atoms with E-state index in [1.54, 1.807) is 6.07 Å². The second kappa shape index (κ2) is 7.47. The molecule has 0 saturated carbocycles. The minimum absolute atomic E-state index is 0.155. The Bertz CT molecular complexity index is 1280. The maximum absolute atomic E-state index is 13.3. The number of aromatic hydroxyl groups is 1. The van der Waals surface area contributed by atoms with E-state index < -0.39 is 5.54 Å². The van der Waals surface area contributed by atoms with Gasteiger partial charge in [0, 0.05) is 28.3 Å². The van der Waals surface area contributed by atoms with Gasteiger partial charge in [-0.15, -0.1) is 0 Å². The van der Waals surface area contributed by atoms with Gasteiger partial charge in [0.25, 0.3) is 5.91 Å². The molecule has 5 rings (SSSR count). The SMILES string of the molecule is Cc1ccccc1C(=O)N[C@@]1(Cc2ccccc2)COc2c1cc(O)c1ccccc21. The number of rotatable bonds is 4. The third kappa shape index (κ3) is 3.30. The van der Waals surface area contributed by atoms with Gasteiger partial charge < -0.3 is 15.2 Å². The lowest BCUT2D eigenvalue weighted by atomic mass is 9.83. The summed E-state index contributed by atoms with van der Waals surface area (Å²) in [4.78, 5) is 13.3. The Morgan fingerprint density at radius 3 is 2.42 bits per heavy atom. The van der Waals surface area contributed by atoms with Crippen LogP contribution in [0, 0.1) is 6.92 Å². The molecule has 4 aromatic carbocycles. The van der Waals surface area contributed by atoms with Crippen molar-refractivity contribution in [3.63, 3.8) is 0 Å². The summed E-state index contributed by atoms with van der Waals surface area (Å²) in [6, 6.07) is 26.9. The zero-order valence-corrected chi connectivity index (χ0v) is 17.3. The average molecular weight is 409 g/mol. The number of carbonyl (C=O) groups excluding carboxylic acids is 1. The fourth-order valence-electron chi connectivity index (χ4n) is 4.46. The van der Waals surface area contributed by atoms with Gasteiger partial charge in [0.05, 0.1) is 0 Å². The number of amides is 1. The number of fused-ring (bicyclic) bond motifs is 3. The highest BCUT2D eigenvalue weighted by Crippen LogP contribution is 2.46. The van der Waals surface area contributed by atoms with Crippen molar-refractivity contribution in [3.05, 3.63) is 107 Å². The highest BCUT2D eigenvalue weighted by atomic mass is 16.5. The van der Waals surface area contributed by atoms with Crippen molar-refractivity contribution < 1.29 is 14.6 Å². The third-order valence-corrected chi connectivity index (χ3v) is 6.04. The van der Waals surface area contributed by atoms with Gasteiger partial charge in [0.15, 0.2) is 0 Å². The molecule has 2 N–H and O–H groups in total. The Kier molecular flexibility index (Phi) is 4.63. The smallest absolute Gasteiger partial charge is 0.252 e. The second-order valence-electron chi connectivity index (χ2n) is 8.12. The number of phenolic OH excluding ortho intramolecular Hbond substituents is 1. The van der Waals surface area contributed by atoms with E-state index in [-0.39, 0.29) is 11.7 Å². The number of phenols is 1. The molecule has 1 aliphatic rings. The first-order valence-electron chi connectivity index (χ1n) is 10.4. The molecule has 4 aromatic rings. The van der Waals surface area contributed by atoms with Gasteiger partial charge >= 0.3 is 0 Å². The van der Waals surface area contributed by atoms with Crippen molar-refractivity contribution in [2.75, 3.05) is 6.61 Å². The van der Waals surface area contributed by atoms with Crippen LogP contribution >= 0.6 is 0 Å². The number of carbonyl (C=O) groups is 1. The topological polar surface area (TPSA) is 58.6 Å². The first-order chi connectivity index (χ1) is 15.1. The molecule has 1 atom stereocenters. The molecular weight excluding hydrogens is 386 g/mol.